The number of fused-ring (bicyclic) bond motifs is 1. The van der Waals surface area contributed by atoms with Crippen molar-refractivity contribution in [3.05, 3.63) is 71.7 Å². The fourth-order valence-electron chi connectivity index (χ4n) is 2.56. The largest absolute Gasteiger partial charge is 0.459 e. The number of amides is 1. The first-order chi connectivity index (χ1) is 12.1. The normalized spacial score (nSPS) is 11.0. The number of hydrogen-bond acceptors (Lipinski definition) is 4. The Morgan fingerprint density at radius 1 is 1.00 bits per heavy atom. The predicted molar refractivity (Wildman–Crippen MR) is 95.0 cm³/mol. The molecule has 2 heterocycles. The van der Waals surface area contributed by atoms with E-state index in [1.165, 1.54) is 17.4 Å². The fraction of sp³-hybridized carbons (Fsp3) is 0.105. The Bertz CT molecular complexity index is 1060. The molecule has 0 saturated carbocycles. The van der Waals surface area contributed by atoms with E-state index in [0.29, 0.717) is 11.2 Å². The van der Waals surface area contributed by atoms with Crippen LogP contribution in [0.1, 0.15) is 21.7 Å². The highest BCUT2D eigenvalue weighted by atomic mass is 16.3. The van der Waals surface area contributed by atoms with E-state index in [2.05, 4.69) is 29.4 Å². The van der Waals surface area contributed by atoms with Crippen molar-refractivity contribution in [2.24, 2.45) is 0 Å². The highest BCUT2D eigenvalue weighted by Crippen LogP contribution is 2.19. The molecule has 0 fully saturated rings. The molecule has 0 aliphatic rings. The van der Waals surface area contributed by atoms with Crippen LogP contribution in [0.5, 0.6) is 0 Å². The van der Waals surface area contributed by atoms with Crippen molar-refractivity contribution in [2.45, 2.75) is 13.8 Å². The topological polar surface area (TPSA) is 73.0 Å². The lowest BCUT2D eigenvalue weighted by molar-refractivity contribution is 0.0996. The lowest BCUT2D eigenvalue weighted by atomic mass is 10.1. The molecular weight excluding hydrogens is 316 g/mol. The fourth-order valence-corrected chi connectivity index (χ4v) is 2.56. The molecule has 2 aromatic carbocycles. The van der Waals surface area contributed by atoms with Crippen molar-refractivity contribution in [1.82, 2.24) is 15.0 Å². The molecule has 0 atom stereocenters. The van der Waals surface area contributed by atoms with Gasteiger partial charge in [-0.25, -0.2) is 0 Å². The summed E-state index contributed by atoms with van der Waals surface area (Å²) in [5.74, 6) is -0.0372. The van der Waals surface area contributed by atoms with Gasteiger partial charge in [-0.3, -0.25) is 4.79 Å². The van der Waals surface area contributed by atoms with E-state index in [1.54, 1.807) is 29.1 Å². The van der Waals surface area contributed by atoms with Crippen molar-refractivity contribution in [2.75, 3.05) is 5.32 Å². The summed E-state index contributed by atoms with van der Waals surface area (Å²) < 4.78 is 5.09. The summed E-state index contributed by atoms with van der Waals surface area (Å²) >= 11 is 0. The first-order valence-electron chi connectivity index (χ1n) is 7.90. The van der Waals surface area contributed by atoms with Crippen molar-refractivity contribution in [3.63, 3.8) is 0 Å². The van der Waals surface area contributed by atoms with Crippen LogP contribution in [0.25, 0.3) is 16.7 Å². The lowest BCUT2D eigenvalue weighted by Gasteiger charge is -2.03. The third-order valence-corrected chi connectivity index (χ3v) is 4.10. The number of carbonyl (C=O) groups excluding carboxylic acids is 1. The van der Waals surface area contributed by atoms with Gasteiger partial charge in [0.2, 0.25) is 0 Å². The minimum atomic E-state index is -0.300. The van der Waals surface area contributed by atoms with Crippen LogP contribution in [-0.2, 0) is 0 Å². The second kappa shape index (κ2) is 5.90. The first-order valence-corrected chi connectivity index (χ1v) is 7.90. The molecule has 0 unspecified atom stereocenters. The van der Waals surface area contributed by atoms with Gasteiger partial charge in [0.25, 0.3) is 5.91 Å². The summed E-state index contributed by atoms with van der Waals surface area (Å²) in [5.41, 5.74) is 5.42. The summed E-state index contributed by atoms with van der Waals surface area (Å²) in [4.78, 5) is 13.7. The Kier molecular flexibility index (Phi) is 3.57. The van der Waals surface area contributed by atoms with Gasteiger partial charge in [0.15, 0.2) is 5.76 Å². The van der Waals surface area contributed by atoms with Gasteiger partial charge in [0, 0.05) is 5.69 Å². The maximum Gasteiger partial charge on any atom is 0.291 e. The molecule has 6 heteroatoms. The van der Waals surface area contributed by atoms with Crippen molar-refractivity contribution < 1.29 is 9.21 Å². The van der Waals surface area contributed by atoms with Gasteiger partial charge in [-0.1, -0.05) is 6.07 Å². The average molecular weight is 332 g/mol. The number of nitrogens with one attached hydrogen (secondary N) is 1. The maximum absolute atomic E-state index is 12.1. The number of aryl methyl sites for hydroxylation is 2. The maximum atomic E-state index is 12.1. The van der Waals surface area contributed by atoms with E-state index in [-0.39, 0.29) is 11.7 Å². The highest BCUT2D eigenvalue weighted by Gasteiger charge is 2.11. The number of rotatable bonds is 3. The van der Waals surface area contributed by atoms with E-state index in [0.717, 1.165) is 11.2 Å². The van der Waals surface area contributed by atoms with Gasteiger partial charge in [-0.15, -0.1) is 10.2 Å². The highest BCUT2D eigenvalue weighted by molar-refractivity contribution is 6.03. The molecular formula is C19H16N4O2. The SMILES string of the molecule is Cc1ccc(-n2nc3ccc(NC(=O)c4ccco4)cc3n2)cc1C. The molecule has 0 radical (unpaired) electrons. The van der Waals surface area contributed by atoms with E-state index in [4.69, 9.17) is 4.42 Å². The molecule has 0 bridgehead atoms. The van der Waals surface area contributed by atoms with Gasteiger partial charge in [0.05, 0.1) is 12.0 Å². The Labute approximate surface area is 144 Å². The number of anilines is 1. The molecule has 2 aromatic heterocycles. The van der Waals surface area contributed by atoms with Gasteiger partial charge in [-0.05, 0) is 67.4 Å². The quantitative estimate of drug-likeness (QED) is 0.618. The molecule has 0 aliphatic carbocycles. The van der Waals surface area contributed by atoms with Crippen LogP contribution >= 0.6 is 0 Å². The van der Waals surface area contributed by atoms with E-state index in [9.17, 15) is 4.79 Å². The number of aromatic nitrogens is 3. The third kappa shape index (κ3) is 2.89. The number of benzene rings is 2. The average Bonchev–Trinajstić information content (AvgIpc) is 3.26. The Balaban J connectivity index is 1.65. The third-order valence-electron chi connectivity index (χ3n) is 4.10. The summed E-state index contributed by atoms with van der Waals surface area (Å²) in [7, 11) is 0. The molecule has 1 amide bonds. The lowest BCUT2D eigenvalue weighted by Crippen LogP contribution is -2.10. The zero-order chi connectivity index (χ0) is 17.4. The predicted octanol–water partition coefficient (Wildman–Crippen LogP) is 3.88. The van der Waals surface area contributed by atoms with E-state index in [1.807, 2.05) is 24.3 Å². The Morgan fingerprint density at radius 3 is 2.60 bits per heavy atom. The van der Waals surface area contributed by atoms with E-state index >= 15 is 0 Å². The second-order valence-corrected chi connectivity index (χ2v) is 5.89. The van der Waals surface area contributed by atoms with Crippen LogP contribution < -0.4 is 5.32 Å². The van der Waals surface area contributed by atoms with Gasteiger partial charge in [0.1, 0.15) is 11.0 Å². The van der Waals surface area contributed by atoms with Crippen molar-refractivity contribution in [1.29, 1.82) is 0 Å². The summed E-state index contributed by atoms with van der Waals surface area (Å²) in [6.07, 6.45) is 1.47. The monoisotopic (exact) mass is 332 g/mol. The zero-order valence-electron chi connectivity index (χ0n) is 13.9. The van der Waals surface area contributed by atoms with Crippen molar-refractivity contribution in [3.8, 4) is 5.69 Å². The summed E-state index contributed by atoms with van der Waals surface area (Å²) in [6, 6.07) is 14.8. The van der Waals surface area contributed by atoms with Crippen LogP contribution in [-0.4, -0.2) is 20.9 Å². The van der Waals surface area contributed by atoms with Crippen molar-refractivity contribution >= 4 is 22.6 Å². The van der Waals surface area contributed by atoms with E-state index < -0.39 is 0 Å². The number of nitrogens with zero attached hydrogens (tertiary/aromatic N) is 3. The first kappa shape index (κ1) is 15.1. The number of carbonyl (C=O) groups is 1. The molecule has 4 rings (SSSR count). The molecule has 4 aromatic rings. The zero-order valence-corrected chi connectivity index (χ0v) is 13.9. The minimum Gasteiger partial charge on any atom is -0.459 e. The number of furan rings is 1. The summed E-state index contributed by atoms with van der Waals surface area (Å²) in [5, 5.41) is 11.8. The Hall–Kier alpha value is -3.41. The number of hydrogen-bond donors (Lipinski definition) is 1. The molecule has 0 saturated heterocycles. The molecule has 6 nitrogen and oxygen atoms in total. The van der Waals surface area contributed by atoms with Gasteiger partial charge in [-0.2, -0.15) is 4.80 Å². The van der Waals surface area contributed by atoms with Crippen LogP contribution in [0, 0.1) is 13.8 Å². The molecule has 0 spiro atoms. The molecule has 25 heavy (non-hydrogen) atoms. The summed E-state index contributed by atoms with van der Waals surface area (Å²) in [6.45, 7) is 4.13. The standard InChI is InChI=1S/C19H16N4O2/c1-12-5-7-15(10-13(12)2)23-21-16-8-6-14(11-17(16)22-23)20-19(24)18-4-3-9-25-18/h3-11H,1-2H3,(H,20,24). The molecule has 124 valence electrons. The molecule has 1 N–H and O–H groups in total. The van der Waals surface area contributed by atoms with Crippen LogP contribution in [0.15, 0.2) is 59.2 Å². The minimum absolute atomic E-state index is 0.263. The van der Waals surface area contributed by atoms with Gasteiger partial charge >= 0.3 is 0 Å². The van der Waals surface area contributed by atoms with Crippen LogP contribution in [0.3, 0.4) is 0 Å². The van der Waals surface area contributed by atoms with Crippen LogP contribution in [0.2, 0.25) is 0 Å². The smallest absolute Gasteiger partial charge is 0.291 e. The second-order valence-electron chi connectivity index (χ2n) is 5.89. The van der Waals surface area contributed by atoms with Gasteiger partial charge < -0.3 is 9.73 Å². The Morgan fingerprint density at radius 2 is 1.84 bits per heavy atom. The van der Waals surface area contributed by atoms with Crippen LogP contribution in [0.4, 0.5) is 5.69 Å². The molecule has 0 aliphatic heterocycles.